The van der Waals surface area contributed by atoms with Gasteiger partial charge < -0.3 is 20.9 Å². The lowest BCUT2D eigenvalue weighted by Gasteiger charge is -2.13. The molecule has 0 aliphatic carbocycles. The van der Waals surface area contributed by atoms with Crippen LogP contribution in [0.5, 0.6) is 0 Å². The highest BCUT2D eigenvalue weighted by atomic mass is 79.9. The molecule has 0 atom stereocenters. The maximum absolute atomic E-state index is 14.3. The number of hydrogen-bond acceptors (Lipinski definition) is 4. The number of pyridine rings is 1. The molecule has 0 spiro atoms. The highest BCUT2D eigenvalue weighted by molar-refractivity contribution is 9.08. The number of carbonyl (C=O) groups is 2. The van der Waals surface area contributed by atoms with Crippen molar-refractivity contribution in [3.8, 4) is 11.1 Å². The summed E-state index contributed by atoms with van der Waals surface area (Å²) in [5, 5.41) is 18.8. The first-order valence-electron chi connectivity index (χ1n) is 6.15. The number of nitrogens with one attached hydrogen (secondary N) is 1. The van der Waals surface area contributed by atoms with Gasteiger partial charge in [0, 0.05) is 16.5 Å². The van der Waals surface area contributed by atoms with Crippen LogP contribution >= 0.6 is 15.9 Å². The summed E-state index contributed by atoms with van der Waals surface area (Å²) in [7, 11) is 0. The maximum Gasteiger partial charge on any atom is 0.342 e. The molecule has 0 amide bonds. The highest BCUT2D eigenvalue weighted by Crippen LogP contribution is 2.31. The largest absolute Gasteiger partial charge is 0.478 e. The summed E-state index contributed by atoms with van der Waals surface area (Å²) in [6.45, 7) is 0. The number of alkyl halides is 1. The normalized spacial score (nSPS) is 10.5. The molecule has 0 aliphatic heterocycles. The van der Waals surface area contributed by atoms with E-state index in [0.717, 1.165) is 6.07 Å². The summed E-state index contributed by atoms with van der Waals surface area (Å²) in [5.41, 5.74) is 2.46. The van der Waals surface area contributed by atoms with Crippen LogP contribution in [-0.2, 0) is 5.33 Å². The van der Waals surface area contributed by atoms with Crippen molar-refractivity contribution in [2.75, 3.05) is 5.73 Å². The molecule has 120 valence electrons. The molecule has 0 bridgehead atoms. The van der Waals surface area contributed by atoms with Crippen molar-refractivity contribution in [1.29, 1.82) is 0 Å². The average Bonchev–Trinajstić information content (AvgIpc) is 2.45. The van der Waals surface area contributed by atoms with Crippen LogP contribution < -0.4 is 11.3 Å². The molecular weight excluding hydrogens is 375 g/mol. The van der Waals surface area contributed by atoms with E-state index >= 15 is 0 Å². The number of aromatic carboxylic acids is 2. The van der Waals surface area contributed by atoms with Crippen molar-refractivity contribution in [1.82, 2.24) is 4.98 Å². The van der Waals surface area contributed by atoms with Crippen LogP contribution in [0.1, 0.15) is 26.3 Å². The van der Waals surface area contributed by atoms with Gasteiger partial charge in [-0.15, -0.1) is 0 Å². The van der Waals surface area contributed by atoms with Crippen LogP contribution in [0.3, 0.4) is 0 Å². The first-order valence-corrected chi connectivity index (χ1v) is 7.27. The molecule has 0 aliphatic rings. The second-order valence-corrected chi connectivity index (χ2v) is 5.11. The zero-order valence-corrected chi connectivity index (χ0v) is 13.0. The summed E-state index contributed by atoms with van der Waals surface area (Å²) in [4.78, 5) is 36.6. The van der Waals surface area contributed by atoms with E-state index in [1.807, 2.05) is 4.98 Å². The Morgan fingerprint density at radius 2 is 1.83 bits per heavy atom. The molecule has 0 fully saturated rings. The van der Waals surface area contributed by atoms with Crippen molar-refractivity contribution in [3.63, 3.8) is 0 Å². The Bertz CT molecular complexity index is 878. The zero-order chi connectivity index (χ0) is 17.3. The number of nitrogens with two attached hydrogens (primary N) is 1. The summed E-state index contributed by atoms with van der Waals surface area (Å²) < 4.78 is 14.3. The molecule has 5 N–H and O–H groups in total. The molecule has 0 unspecified atom stereocenters. The van der Waals surface area contributed by atoms with E-state index in [1.165, 1.54) is 12.1 Å². The first kappa shape index (κ1) is 16.7. The number of anilines is 1. The van der Waals surface area contributed by atoms with E-state index in [4.69, 9.17) is 5.73 Å². The quantitative estimate of drug-likeness (QED) is 0.596. The van der Waals surface area contributed by atoms with Gasteiger partial charge in [-0.25, -0.2) is 14.0 Å². The first-order chi connectivity index (χ1) is 10.8. The standard InChI is InChI=1S/C14H10BrFN2O5/c15-4-5-1-2-6(7(16)3-5)8-9(13(20)21)11(17)18-12(19)10(8)14(22)23/h1-3H,4H2,(H,20,21)(H,22,23)(H3,17,18,19). The molecule has 2 rings (SSSR count). The Morgan fingerprint density at radius 1 is 1.22 bits per heavy atom. The van der Waals surface area contributed by atoms with Crippen molar-refractivity contribution in [2.45, 2.75) is 5.33 Å². The Hall–Kier alpha value is -2.68. The fourth-order valence-corrected chi connectivity index (χ4v) is 2.51. The van der Waals surface area contributed by atoms with Crippen LogP contribution in [0.2, 0.25) is 0 Å². The smallest absolute Gasteiger partial charge is 0.342 e. The molecular formula is C14H10BrFN2O5. The van der Waals surface area contributed by atoms with Gasteiger partial charge in [0.05, 0.1) is 0 Å². The fourth-order valence-electron chi connectivity index (χ4n) is 2.16. The lowest BCUT2D eigenvalue weighted by Crippen LogP contribution is -2.24. The zero-order valence-electron chi connectivity index (χ0n) is 11.4. The monoisotopic (exact) mass is 384 g/mol. The maximum atomic E-state index is 14.3. The lowest BCUT2D eigenvalue weighted by molar-refractivity contribution is 0.0695. The predicted octanol–water partition coefficient (Wildman–Crippen LogP) is 2.05. The Kier molecular flexibility index (Phi) is 4.50. The molecule has 1 aromatic carbocycles. The third kappa shape index (κ3) is 2.95. The summed E-state index contributed by atoms with van der Waals surface area (Å²) in [5.74, 6) is -4.68. The number of carboxylic acid groups (broad SMARTS) is 2. The van der Waals surface area contributed by atoms with Crippen molar-refractivity contribution >= 4 is 33.7 Å². The molecule has 23 heavy (non-hydrogen) atoms. The minimum Gasteiger partial charge on any atom is -0.478 e. The number of hydrogen-bond donors (Lipinski definition) is 4. The molecule has 7 nitrogen and oxygen atoms in total. The van der Waals surface area contributed by atoms with Gasteiger partial charge in [0.25, 0.3) is 5.56 Å². The van der Waals surface area contributed by atoms with Gasteiger partial charge >= 0.3 is 11.9 Å². The molecule has 9 heteroatoms. The number of aromatic nitrogens is 1. The SMILES string of the molecule is Nc1[nH]c(=O)c(C(=O)O)c(-c2ccc(CBr)cc2F)c1C(=O)O. The van der Waals surface area contributed by atoms with Crippen molar-refractivity contribution in [3.05, 3.63) is 51.1 Å². The summed E-state index contributed by atoms with van der Waals surface area (Å²) in [6.07, 6.45) is 0. The van der Waals surface area contributed by atoms with E-state index in [0.29, 0.717) is 10.9 Å². The molecule has 1 heterocycles. The highest BCUT2D eigenvalue weighted by Gasteiger charge is 2.28. The minimum atomic E-state index is -1.69. The number of carboxylic acids is 2. The minimum absolute atomic E-state index is 0.331. The summed E-state index contributed by atoms with van der Waals surface area (Å²) >= 11 is 3.14. The van der Waals surface area contributed by atoms with Crippen LogP contribution in [-0.4, -0.2) is 27.1 Å². The topological polar surface area (TPSA) is 133 Å². The van der Waals surface area contributed by atoms with Gasteiger partial charge in [-0.05, 0) is 11.6 Å². The number of H-pyrrole nitrogens is 1. The molecule has 2 aromatic rings. The Morgan fingerprint density at radius 3 is 2.30 bits per heavy atom. The van der Waals surface area contributed by atoms with Crippen LogP contribution in [0.15, 0.2) is 23.0 Å². The summed E-state index contributed by atoms with van der Waals surface area (Å²) in [6, 6.07) is 3.79. The predicted molar refractivity (Wildman–Crippen MR) is 83.4 cm³/mol. The molecule has 0 saturated heterocycles. The van der Waals surface area contributed by atoms with E-state index in [1.54, 1.807) is 0 Å². The number of rotatable bonds is 4. The van der Waals surface area contributed by atoms with Crippen LogP contribution in [0, 0.1) is 5.82 Å². The van der Waals surface area contributed by atoms with Gasteiger partial charge in [0.1, 0.15) is 22.8 Å². The third-order valence-corrected chi connectivity index (χ3v) is 3.78. The fraction of sp³-hybridized carbons (Fsp3) is 0.0714. The second kappa shape index (κ2) is 6.21. The van der Waals surface area contributed by atoms with Crippen LogP contribution in [0.4, 0.5) is 10.2 Å². The molecule has 0 saturated carbocycles. The van der Waals surface area contributed by atoms with Gasteiger partial charge in [-0.2, -0.15) is 0 Å². The lowest BCUT2D eigenvalue weighted by atomic mass is 9.94. The second-order valence-electron chi connectivity index (χ2n) is 4.55. The van der Waals surface area contributed by atoms with Crippen LogP contribution in [0.25, 0.3) is 11.1 Å². The number of aromatic amines is 1. The average molecular weight is 385 g/mol. The van der Waals surface area contributed by atoms with E-state index in [-0.39, 0.29) is 5.56 Å². The Labute approximate surface area is 136 Å². The van der Waals surface area contributed by atoms with E-state index in [9.17, 15) is 29.0 Å². The van der Waals surface area contributed by atoms with Crippen molar-refractivity contribution < 1.29 is 24.2 Å². The number of halogens is 2. The van der Waals surface area contributed by atoms with E-state index < -0.39 is 45.8 Å². The van der Waals surface area contributed by atoms with Gasteiger partial charge in [-0.1, -0.05) is 28.1 Å². The third-order valence-electron chi connectivity index (χ3n) is 3.13. The van der Waals surface area contributed by atoms with E-state index in [2.05, 4.69) is 15.9 Å². The van der Waals surface area contributed by atoms with Gasteiger partial charge in [-0.3, -0.25) is 4.79 Å². The van der Waals surface area contributed by atoms with Gasteiger partial charge in [0.15, 0.2) is 0 Å². The number of nitrogen functional groups attached to an aromatic ring is 1. The number of benzene rings is 1. The Balaban J connectivity index is 2.97. The van der Waals surface area contributed by atoms with Gasteiger partial charge in [0.2, 0.25) is 0 Å². The molecule has 1 aromatic heterocycles. The van der Waals surface area contributed by atoms with Crippen molar-refractivity contribution in [2.24, 2.45) is 0 Å². The molecule has 0 radical (unpaired) electrons.